The van der Waals surface area contributed by atoms with E-state index in [1.54, 1.807) is 11.9 Å². The van der Waals surface area contributed by atoms with E-state index >= 15 is 0 Å². The number of alkyl halides is 3. The summed E-state index contributed by atoms with van der Waals surface area (Å²) < 4.78 is 38.4. The highest BCUT2D eigenvalue weighted by atomic mass is 35.5. The minimum atomic E-state index is -4.52. The van der Waals surface area contributed by atoms with Crippen molar-refractivity contribution < 1.29 is 13.2 Å². The highest BCUT2D eigenvalue weighted by Crippen LogP contribution is 2.38. The molecule has 0 N–H and O–H groups in total. The summed E-state index contributed by atoms with van der Waals surface area (Å²) in [6.45, 7) is 4.43. The average molecular weight is 322 g/mol. The van der Waals surface area contributed by atoms with Gasteiger partial charge in [0.2, 0.25) is 5.28 Å². The minimum Gasteiger partial charge on any atom is -0.357 e. The summed E-state index contributed by atoms with van der Waals surface area (Å²) in [5, 5.41) is -0.372. The second-order valence-corrected chi connectivity index (χ2v) is 6.72. The van der Waals surface area contributed by atoms with E-state index in [-0.39, 0.29) is 17.1 Å². The predicted molar refractivity (Wildman–Crippen MR) is 76.5 cm³/mol. The van der Waals surface area contributed by atoms with Crippen molar-refractivity contribution >= 4 is 17.4 Å². The van der Waals surface area contributed by atoms with Crippen LogP contribution in [0, 0.1) is 5.41 Å². The van der Waals surface area contributed by atoms with E-state index in [0.717, 1.165) is 31.7 Å². The molecule has 2 rings (SSSR count). The van der Waals surface area contributed by atoms with Gasteiger partial charge in [0.15, 0.2) is 5.69 Å². The lowest BCUT2D eigenvalue weighted by atomic mass is 9.75. The van der Waals surface area contributed by atoms with Crippen LogP contribution in [0.3, 0.4) is 0 Å². The summed E-state index contributed by atoms with van der Waals surface area (Å²) in [6.07, 6.45) is -0.546. The monoisotopic (exact) mass is 321 g/mol. The second-order valence-electron chi connectivity index (χ2n) is 6.38. The zero-order valence-electron chi connectivity index (χ0n) is 12.3. The highest BCUT2D eigenvalue weighted by molar-refractivity contribution is 6.28. The van der Waals surface area contributed by atoms with Crippen molar-refractivity contribution in [3.63, 3.8) is 0 Å². The van der Waals surface area contributed by atoms with Crippen LogP contribution in [0.4, 0.5) is 19.0 Å². The molecule has 0 saturated heterocycles. The van der Waals surface area contributed by atoms with Crippen LogP contribution in [0.5, 0.6) is 0 Å². The van der Waals surface area contributed by atoms with Crippen molar-refractivity contribution in [2.75, 3.05) is 11.9 Å². The molecule has 21 heavy (non-hydrogen) atoms. The maximum absolute atomic E-state index is 12.8. The average Bonchev–Trinajstić information content (AvgIpc) is 2.36. The third-order valence-corrected chi connectivity index (χ3v) is 4.36. The summed E-state index contributed by atoms with van der Waals surface area (Å²) in [5.74, 6) is 0.229. The molecule has 1 aliphatic carbocycles. The maximum Gasteiger partial charge on any atom is 0.433 e. The van der Waals surface area contributed by atoms with Crippen molar-refractivity contribution in [3.8, 4) is 0 Å². The van der Waals surface area contributed by atoms with E-state index in [9.17, 15) is 13.2 Å². The fourth-order valence-corrected chi connectivity index (χ4v) is 2.87. The molecule has 1 saturated carbocycles. The van der Waals surface area contributed by atoms with E-state index in [1.807, 2.05) is 0 Å². The van der Waals surface area contributed by atoms with Crippen LogP contribution in [0.25, 0.3) is 0 Å². The molecule has 3 nitrogen and oxygen atoms in total. The van der Waals surface area contributed by atoms with Gasteiger partial charge in [0.1, 0.15) is 5.82 Å². The number of nitrogens with zero attached hydrogens (tertiary/aromatic N) is 3. The number of halogens is 4. The summed E-state index contributed by atoms with van der Waals surface area (Å²) in [5.41, 5.74) is -0.696. The van der Waals surface area contributed by atoms with Gasteiger partial charge in [0.05, 0.1) is 0 Å². The first-order chi connectivity index (χ1) is 9.58. The molecule has 1 heterocycles. The van der Waals surface area contributed by atoms with Gasteiger partial charge in [-0.1, -0.05) is 13.8 Å². The number of hydrogen-bond donors (Lipinski definition) is 0. The number of rotatable bonds is 2. The third-order valence-electron chi connectivity index (χ3n) is 4.19. The number of anilines is 1. The van der Waals surface area contributed by atoms with E-state index in [4.69, 9.17) is 11.6 Å². The Morgan fingerprint density at radius 1 is 1.24 bits per heavy atom. The Morgan fingerprint density at radius 2 is 1.81 bits per heavy atom. The number of aromatic nitrogens is 2. The van der Waals surface area contributed by atoms with E-state index in [1.165, 1.54) is 0 Å². The second kappa shape index (κ2) is 5.63. The van der Waals surface area contributed by atoms with Gasteiger partial charge in [-0.25, -0.2) is 9.97 Å². The Balaban J connectivity index is 2.20. The molecule has 0 aromatic carbocycles. The first-order valence-electron chi connectivity index (χ1n) is 6.93. The van der Waals surface area contributed by atoms with Crippen molar-refractivity contribution in [2.45, 2.75) is 51.7 Å². The van der Waals surface area contributed by atoms with E-state index in [2.05, 4.69) is 23.8 Å². The Hall–Kier alpha value is -1.04. The first-order valence-corrected chi connectivity index (χ1v) is 7.31. The molecule has 0 aliphatic heterocycles. The van der Waals surface area contributed by atoms with Gasteiger partial charge in [-0.2, -0.15) is 13.2 Å². The van der Waals surface area contributed by atoms with Crippen molar-refractivity contribution in [2.24, 2.45) is 5.41 Å². The fourth-order valence-electron chi connectivity index (χ4n) is 2.69. The van der Waals surface area contributed by atoms with Gasteiger partial charge in [-0.05, 0) is 42.7 Å². The molecule has 0 unspecified atom stereocenters. The summed E-state index contributed by atoms with van der Waals surface area (Å²) in [6, 6.07) is 1.15. The molecule has 7 heteroatoms. The van der Waals surface area contributed by atoms with Gasteiger partial charge < -0.3 is 4.90 Å². The van der Waals surface area contributed by atoms with Crippen molar-refractivity contribution in [1.29, 1.82) is 0 Å². The van der Waals surface area contributed by atoms with Crippen molar-refractivity contribution in [1.82, 2.24) is 9.97 Å². The molecule has 1 aromatic rings. The number of hydrogen-bond acceptors (Lipinski definition) is 3. The van der Waals surface area contributed by atoms with Crippen LogP contribution in [0.1, 0.15) is 45.2 Å². The molecule has 118 valence electrons. The maximum atomic E-state index is 12.8. The zero-order chi connectivity index (χ0) is 15.8. The summed E-state index contributed by atoms with van der Waals surface area (Å²) in [7, 11) is 1.77. The van der Waals surface area contributed by atoms with Crippen LogP contribution < -0.4 is 4.90 Å². The van der Waals surface area contributed by atoms with Gasteiger partial charge in [-0.15, -0.1) is 0 Å². The largest absolute Gasteiger partial charge is 0.433 e. The molecule has 0 spiro atoms. The molecule has 0 radical (unpaired) electrons. The Morgan fingerprint density at radius 3 is 2.33 bits per heavy atom. The molecule has 1 aromatic heterocycles. The van der Waals surface area contributed by atoms with Crippen LogP contribution >= 0.6 is 11.6 Å². The van der Waals surface area contributed by atoms with E-state index < -0.39 is 11.9 Å². The summed E-state index contributed by atoms with van der Waals surface area (Å²) in [4.78, 5) is 8.99. The lowest BCUT2D eigenvalue weighted by molar-refractivity contribution is -0.141. The van der Waals surface area contributed by atoms with Gasteiger partial charge in [-0.3, -0.25) is 0 Å². The van der Waals surface area contributed by atoms with Crippen LogP contribution in [-0.2, 0) is 6.18 Å². The zero-order valence-corrected chi connectivity index (χ0v) is 13.1. The third kappa shape index (κ3) is 3.99. The smallest absolute Gasteiger partial charge is 0.357 e. The normalized spacial score (nSPS) is 19.6. The topological polar surface area (TPSA) is 29.0 Å². The SMILES string of the molecule is CN(c1cc(C(F)(F)F)nc(Cl)n1)C1CCC(C)(C)CC1. The van der Waals surface area contributed by atoms with Gasteiger partial charge in [0.25, 0.3) is 0 Å². The van der Waals surface area contributed by atoms with Gasteiger partial charge in [0, 0.05) is 19.2 Å². The molecule has 0 amide bonds. The standard InChI is InChI=1S/C14H19ClF3N3/c1-13(2)6-4-9(5-7-13)21(3)11-8-10(14(16,17)18)19-12(15)20-11/h8-9H,4-7H2,1-3H3. The lowest BCUT2D eigenvalue weighted by Gasteiger charge is -2.39. The highest BCUT2D eigenvalue weighted by Gasteiger charge is 2.35. The quantitative estimate of drug-likeness (QED) is 0.748. The molecular formula is C14H19ClF3N3. The predicted octanol–water partition coefficient (Wildman–Crippen LogP) is 4.55. The van der Waals surface area contributed by atoms with Crippen LogP contribution in [0.15, 0.2) is 6.07 Å². The van der Waals surface area contributed by atoms with Crippen molar-refractivity contribution in [3.05, 3.63) is 17.0 Å². The Labute approximate surface area is 127 Å². The Bertz CT molecular complexity index is 507. The molecule has 1 aliphatic rings. The van der Waals surface area contributed by atoms with Crippen LogP contribution in [-0.4, -0.2) is 23.1 Å². The lowest BCUT2D eigenvalue weighted by Crippen LogP contribution is -2.37. The fraction of sp³-hybridized carbons (Fsp3) is 0.714. The minimum absolute atomic E-state index is 0.185. The Kier molecular flexibility index (Phi) is 4.38. The molecule has 1 fully saturated rings. The summed E-state index contributed by atoms with van der Waals surface area (Å²) >= 11 is 5.64. The first kappa shape index (κ1) is 16.3. The molecular weight excluding hydrogens is 303 g/mol. The van der Waals surface area contributed by atoms with Gasteiger partial charge >= 0.3 is 6.18 Å². The van der Waals surface area contributed by atoms with Crippen LogP contribution in [0.2, 0.25) is 5.28 Å². The molecule has 0 bridgehead atoms. The molecule has 0 atom stereocenters. The van der Waals surface area contributed by atoms with E-state index in [0.29, 0.717) is 5.41 Å².